The van der Waals surface area contributed by atoms with Crippen molar-refractivity contribution in [1.82, 2.24) is 0 Å². The first-order valence-corrected chi connectivity index (χ1v) is 10.9. The van der Waals surface area contributed by atoms with Crippen LogP contribution >= 0.6 is 13.6 Å². The van der Waals surface area contributed by atoms with Crippen LogP contribution in [0.15, 0.2) is 0 Å². The van der Waals surface area contributed by atoms with Gasteiger partial charge in [0.15, 0.2) is 0 Å². The molecule has 82 valence electrons. The fourth-order valence-corrected chi connectivity index (χ4v) is 0.780. The van der Waals surface area contributed by atoms with Crippen LogP contribution in [0.4, 0.5) is 0 Å². The molecule has 0 atom stereocenters. The van der Waals surface area contributed by atoms with Gasteiger partial charge in [0, 0.05) is 0 Å². The van der Waals surface area contributed by atoms with Crippen LogP contribution in [-0.4, -0.2) is 23.1 Å². The van der Waals surface area contributed by atoms with Crippen LogP contribution in [-0.2, 0) is 16.3 Å². The molecule has 0 N–H and O–H groups in total. The predicted octanol–water partition coefficient (Wildman–Crippen LogP) is -8.34. The van der Waals surface area contributed by atoms with Crippen LogP contribution in [0.25, 0.3) is 0 Å². The van der Waals surface area contributed by atoms with E-state index in [-0.39, 0.29) is 79.1 Å². The molecule has 0 saturated carbocycles. The topological polar surface area (TPSA) is 0 Å². The second kappa shape index (κ2) is 53.1. The summed E-state index contributed by atoms with van der Waals surface area (Å²) in [4.78, 5) is 0. The number of rotatable bonds is 5. The van der Waals surface area contributed by atoms with Crippen LogP contribution in [0.5, 0.6) is 0 Å². The Morgan fingerprint density at radius 2 is 1.27 bits per heavy atom. The van der Waals surface area contributed by atoms with Gasteiger partial charge >= 0.3 is 71.9 Å². The molecule has 0 aromatic heterocycles. The molecule has 0 heterocycles. The third-order valence-electron chi connectivity index (χ3n) is 1.35. The second-order valence-corrected chi connectivity index (χ2v) is 2.27. The molecular formula is C8H17BrCl3LiMgZn. The van der Waals surface area contributed by atoms with Gasteiger partial charge in [-0.15, -0.1) is 0 Å². The maximum atomic E-state index is 3.78. The van der Waals surface area contributed by atoms with Crippen LogP contribution in [0.1, 0.15) is 45.4 Å². The first kappa shape index (κ1) is 42.9. The Hall–Kier alpha value is 3.34. The zero-order valence-corrected chi connectivity index (χ0v) is 18.1. The summed E-state index contributed by atoms with van der Waals surface area (Å²) in [5.41, 5.74) is 0. The van der Waals surface area contributed by atoms with E-state index < -0.39 is 0 Å². The van der Waals surface area contributed by atoms with Crippen LogP contribution in [0.2, 0.25) is 0 Å². The van der Waals surface area contributed by atoms with E-state index in [0.717, 1.165) is 6.42 Å². The Labute approximate surface area is 159 Å². The molecular weight excluding hydrogens is 379 g/mol. The first-order chi connectivity index (χ1) is 4.91. The molecule has 0 amide bonds. The SMILES string of the molecule is [CH2-]CCCCCCC.[Cl-].[Cl-].[Cl-].[Li+].[Mg+2].[Zn+][Br]. The summed E-state index contributed by atoms with van der Waals surface area (Å²) < 4.78 is 0. The molecule has 0 aromatic carbocycles. The molecule has 0 aromatic rings. The summed E-state index contributed by atoms with van der Waals surface area (Å²) in [6.45, 7) is 6.02. The normalized spacial score (nSPS) is 5.67. The van der Waals surface area contributed by atoms with Gasteiger partial charge in [-0.25, -0.2) is 0 Å². The summed E-state index contributed by atoms with van der Waals surface area (Å²) >= 11 is 4.25. The molecule has 0 fully saturated rings. The molecule has 0 radical (unpaired) electrons. The predicted molar refractivity (Wildman–Crippen MR) is 53.4 cm³/mol. The molecule has 15 heavy (non-hydrogen) atoms. The summed E-state index contributed by atoms with van der Waals surface area (Å²) in [6, 6.07) is 0. The molecule has 0 rings (SSSR count). The quantitative estimate of drug-likeness (QED) is 0.246. The average molecular weight is 396 g/mol. The van der Waals surface area contributed by atoms with E-state index in [1.807, 2.05) is 0 Å². The molecule has 7 heteroatoms. The molecule has 0 aliphatic carbocycles. The fourth-order valence-electron chi connectivity index (χ4n) is 0.780. The monoisotopic (exact) mass is 392 g/mol. The van der Waals surface area contributed by atoms with Crippen molar-refractivity contribution >= 4 is 36.7 Å². The minimum absolute atomic E-state index is 0. The summed E-state index contributed by atoms with van der Waals surface area (Å²) in [5.74, 6) is 0. The Bertz CT molecular complexity index is 54.9. The van der Waals surface area contributed by atoms with Crippen LogP contribution in [0, 0.1) is 6.92 Å². The van der Waals surface area contributed by atoms with Crippen molar-refractivity contribution in [3.8, 4) is 0 Å². The van der Waals surface area contributed by atoms with Gasteiger partial charge in [0.2, 0.25) is 0 Å². The van der Waals surface area contributed by atoms with Gasteiger partial charge in [-0.3, -0.25) is 0 Å². The Kier molecular flexibility index (Phi) is 152. The summed E-state index contributed by atoms with van der Waals surface area (Å²) in [6.07, 6.45) is 7.98. The van der Waals surface area contributed by atoms with E-state index in [1.54, 1.807) is 0 Å². The van der Waals surface area contributed by atoms with Crippen molar-refractivity contribution in [3.63, 3.8) is 0 Å². The van der Waals surface area contributed by atoms with Crippen molar-refractivity contribution in [2.45, 2.75) is 45.4 Å². The maximum absolute atomic E-state index is 3.78. The molecule has 0 unspecified atom stereocenters. The molecule has 0 spiro atoms. The van der Waals surface area contributed by atoms with E-state index in [1.165, 1.54) is 48.4 Å². The minimum atomic E-state index is 0. The van der Waals surface area contributed by atoms with E-state index >= 15 is 0 Å². The third kappa shape index (κ3) is 58.7. The fraction of sp³-hybridized carbons (Fsp3) is 0.875. The van der Waals surface area contributed by atoms with E-state index in [9.17, 15) is 0 Å². The van der Waals surface area contributed by atoms with Gasteiger partial charge in [-0.05, 0) is 0 Å². The van der Waals surface area contributed by atoms with Crippen molar-refractivity contribution in [3.05, 3.63) is 6.92 Å². The number of halogens is 4. The van der Waals surface area contributed by atoms with Crippen molar-refractivity contribution < 1.29 is 72.4 Å². The van der Waals surface area contributed by atoms with Crippen molar-refractivity contribution in [1.29, 1.82) is 0 Å². The standard InChI is InChI=1S/C8H17.BrH.3ClH.Li.Mg.Zn/c1-3-5-7-8-6-4-2;;;;;;;/h1,3-8H2,2H3;4*1H;;;/q-1;;;;;+1;2*+2/p-4. The van der Waals surface area contributed by atoms with Gasteiger partial charge in [-0.1, -0.05) is 39.0 Å². The Morgan fingerprint density at radius 1 is 0.933 bits per heavy atom. The van der Waals surface area contributed by atoms with Crippen molar-refractivity contribution in [2.75, 3.05) is 0 Å². The molecule has 0 saturated heterocycles. The Morgan fingerprint density at radius 3 is 1.53 bits per heavy atom. The molecule has 0 bridgehead atoms. The molecule has 0 nitrogen and oxygen atoms in total. The number of hydrogen-bond donors (Lipinski definition) is 0. The van der Waals surface area contributed by atoms with Gasteiger partial charge in [0.05, 0.1) is 0 Å². The first-order valence-electron chi connectivity index (χ1n) is 3.97. The van der Waals surface area contributed by atoms with Gasteiger partial charge in [-0.2, -0.15) is 6.42 Å². The van der Waals surface area contributed by atoms with E-state index in [4.69, 9.17) is 0 Å². The Balaban J connectivity index is -0.0000000172. The van der Waals surface area contributed by atoms with Crippen molar-refractivity contribution in [2.24, 2.45) is 0 Å². The zero-order valence-electron chi connectivity index (χ0n) is 9.88. The van der Waals surface area contributed by atoms with E-state index in [0.29, 0.717) is 0 Å². The summed E-state index contributed by atoms with van der Waals surface area (Å²) in [5, 5.41) is 0. The third-order valence-corrected chi connectivity index (χ3v) is 1.35. The number of hydrogen-bond acceptors (Lipinski definition) is 0. The number of unbranched alkanes of at least 4 members (excludes halogenated alkanes) is 5. The molecule has 0 aliphatic heterocycles. The summed E-state index contributed by atoms with van der Waals surface area (Å²) in [7, 11) is 0. The van der Waals surface area contributed by atoms with Crippen LogP contribution in [0.3, 0.4) is 0 Å². The van der Waals surface area contributed by atoms with Gasteiger partial charge < -0.3 is 44.1 Å². The second-order valence-electron chi connectivity index (χ2n) is 2.27. The van der Waals surface area contributed by atoms with E-state index in [2.05, 4.69) is 27.5 Å². The zero-order chi connectivity index (χ0) is 8.24. The molecule has 0 aliphatic rings. The average Bonchev–Trinajstić information content (AvgIpc) is 2.02. The van der Waals surface area contributed by atoms with Crippen LogP contribution < -0.4 is 56.1 Å². The van der Waals surface area contributed by atoms with Gasteiger partial charge in [0.25, 0.3) is 0 Å². The van der Waals surface area contributed by atoms with Gasteiger partial charge in [0.1, 0.15) is 0 Å².